The molecule has 1 amide bonds. The predicted molar refractivity (Wildman–Crippen MR) is 60.4 cm³/mol. The van der Waals surface area contributed by atoms with E-state index >= 15 is 0 Å². The van der Waals surface area contributed by atoms with Gasteiger partial charge in [0.25, 0.3) is 17.6 Å². The first-order valence-electron chi connectivity index (χ1n) is 5.47. The molecule has 0 atom stereocenters. The largest absolute Gasteiger partial charge is 0.349 e. The van der Waals surface area contributed by atoms with E-state index in [1.165, 1.54) is 0 Å². The Morgan fingerprint density at radius 1 is 1.61 bits per heavy atom. The van der Waals surface area contributed by atoms with Gasteiger partial charge in [0.2, 0.25) is 0 Å². The van der Waals surface area contributed by atoms with Crippen molar-refractivity contribution in [2.45, 2.75) is 13.5 Å². The highest BCUT2D eigenvalue weighted by Gasteiger charge is 2.16. The van der Waals surface area contributed by atoms with E-state index in [0.29, 0.717) is 25.3 Å². The highest BCUT2D eigenvalue weighted by atomic mass is 16.5. The monoisotopic (exact) mass is 251 g/mol. The van der Waals surface area contributed by atoms with Crippen molar-refractivity contribution in [1.82, 2.24) is 30.5 Å². The van der Waals surface area contributed by atoms with Crippen molar-refractivity contribution in [2.24, 2.45) is 5.73 Å². The molecule has 2 aromatic rings. The van der Waals surface area contributed by atoms with Crippen LogP contribution in [0.15, 0.2) is 10.7 Å². The third kappa shape index (κ3) is 2.51. The van der Waals surface area contributed by atoms with Crippen LogP contribution in [0.2, 0.25) is 0 Å². The Hall–Kier alpha value is -2.29. The van der Waals surface area contributed by atoms with Crippen LogP contribution in [-0.4, -0.2) is 44.1 Å². The van der Waals surface area contributed by atoms with E-state index in [9.17, 15) is 4.79 Å². The van der Waals surface area contributed by atoms with Crippen LogP contribution in [0.25, 0.3) is 11.6 Å². The molecule has 0 fully saturated rings. The van der Waals surface area contributed by atoms with Gasteiger partial charge in [-0.15, -0.1) is 5.10 Å². The van der Waals surface area contributed by atoms with Crippen molar-refractivity contribution in [2.75, 3.05) is 13.1 Å². The molecule has 0 aliphatic carbocycles. The van der Waals surface area contributed by atoms with E-state index in [-0.39, 0.29) is 17.6 Å². The number of nitrogens with zero attached hydrogens (tertiary/aromatic N) is 5. The summed E-state index contributed by atoms with van der Waals surface area (Å²) in [5, 5.41) is 13.8. The Morgan fingerprint density at radius 3 is 3.17 bits per heavy atom. The second-order valence-corrected chi connectivity index (χ2v) is 3.44. The zero-order chi connectivity index (χ0) is 13.0. The molecule has 0 aliphatic rings. The first-order chi connectivity index (χ1) is 8.74. The van der Waals surface area contributed by atoms with Crippen molar-refractivity contribution < 1.29 is 9.32 Å². The van der Waals surface area contributed by atoms with E-state index in [1.54, 1.807) is 17.8 Å². The maximum absolute atomic E-state index is 11.4. The van der Waals surface area contributed by atoms with Gasteiger partial charge in [0.15, 0.2) is 5.69 Å². The molecule has 0 spiro atoms. The number of amides is 1. The number of nitrogens with two attached hydrogens (primary N) is 1. The molecular weight excluding hydrogens is 238 g/mol. The van der Waals surface area contributed by atoms with Crippen molar-refractivity contribution in [3.63, 3.8) is 0 Å². The fraction of sp³-hybridized carbons (Fsp3) is 0.444. The van der Waals surface area contributed by atoms with Gasteiger partial charge in [-0.05, 0) is 6.92 Å². The molecule has 9 heteroatoms. The minimum atomic E-state index is -0.387. The maximum Gasteiger partial charge on any atom is 0.292 e. The molecule has 2 aromatic heterocycles. The fourth-order valence-corrected chi connectivity index (χ4v) is 1.30. The summed E-state index contributed by atoms with van der Waals surface area (Å²) in [5.74, 6) is -0.262. The summed E-state index contributed by atoms with van der Waals surface area (Å²) in [6.07, 6.45) is 1.63. The molecule has 9 nitrogen and oxygen atoms in total. The minimum absolute atomic E-state index is 0.0276. The molecule has 0 unspecified atom stereocenters. The number of hydrogen-bond acceptors (Lipinski definition) is 7. The normalized spacial score (nSPS) is 10.6. The number of carbonyl (C=O) groups is 1. The van der Waals surface area contributed by atoms with Gasteiger partial charge in [-0.2, -0.15) is 4.98 Å². The summed E-state index contributed by atoms with van der Waals surface area (Å²) < 4.78 is 6.50. The average Bonchev–Trinajstić information content (AvgIpc) is 2.97. The van der Waals surface area contributed by atoms with E-state index < -0.39 is 0 Å². The van der Waals surface area contributed by atoms with Gasteiger partial charge in [0.1, 0.15) is 0 Å². The van der Waals surface area contributed by atoms with Crippen molar-refractivity contribution in [3.05, 3.63) is 12.0 Å². The summed E-state index contributed by atoms with van der Waals surface area (Å²) >= 11 is 0. The molecule has 0 aliphatic heterocycles. The van der Waals surface area contributed by atoms with Crippen LogP contribution in [0.4, 0.5) is 0 Å². The van der Waals surface area contributed by atoms with Gasteiger partial charge < -0.3 is 15.6 Å². The summed E-state index contributed by atoms with van der Waals surface area (Å²) in [6, 6.07) is 0. The second-order valence-electron chi connectivity index (χ2n) is 3.44. The van der Waals surface area contributed by atoms with Crippen LogP contribution in [0, 0.1) is 0 Å². The fourth-order valence-electron chi connectivity index (χ4n) is 1.30. The Kier molecular flexibility index (Phi) is 3.63. The Bertz CT molecular complexity index is 533. The van der Waals surface area contributed by atoms with Crippen LogP contribution in [-0.2, 0) is 6.54 Å². The Labute approximate surface area is 102 Å². The highest BCUT2D eigenvalue weighted by molar-refractivity contribution is 5.90. The number of carbonyl (C=O) groups excluding carboxylic acids is 1. The van der Waals surface area contributed by atoms with Crippen LogP contribution in [0.1, 0.15) is 17.5 Å². The third-order valence-electron chi connectivity index (χ3n) is 2.08. The van der Waals surface area contributed by atoms with Gasteiger partial charge in [-0.25, -0.2) is 0 Å². The number of aromatic nitrogens is 5. The molecule has 18 heavy (non-hydrogen) atoms. The first-order valence-corrected chi connectivity index (χ1v) is 5.47. The standard InChI is InChI=1S/C9H13N7O2/c1-2-11-8(17)7-12-9(18-14-7)6-5-16(4-3-10)15-13-6/h5H,2-4,10H2,1H3,(H,11,17). The lowest BCUT2D eigenvalue weighted by Gasteiger charge is -1.93. The molecule has 2 rings (SSSR count). The lowest BCUT2D eigenvalue weighted by Crippen LogP contribution is -2.23. The summed E-state index contributed by atoms with van der Waals surface area (Å²) in [5.41, 5.74) is 5.80. The molecule has 0 bridgehead atoms. The maximum atomic E-state index is 11.4. The van der Waals surface area contributed by atoms with E-state index in [0.717, 1.165) is 0 Å². The zero-order valence-corrected chi connectivity index (χ0v) is 9.83. The smallest absolute Gasteiger partial charge is 0.292 e. The molecule has 96 valence electrons. The second kappa shape index (κ2) is 5.36. The van der Waals surface area contributed by atoms with Crippen molar-refractivity contribution in [1.29, 1.82) is 0 Å². The van der Waals surface area contributed by atoms with Crippen molar-refractivity contribution >= 4 is 5.91 Å². The zero-order valence-electron chi connectivity index (χ0n) is 9.83. The summed E-state index contributed by atoms with van der Waals surface area (Å²) in [7, 11) is 0. The van der Waals surface area contributed by atoms with Gasteiger partial charge in [0.05, 0.1) is 12.7 Å². The lowest BCUT2D eigenvalue weighted by molar-refractivity contribution is 0.0942. The van der Waals surface area contributed by atoms with Gasteiger partial charge in [0, 0.05) is 13.1 Å². The number of nitrogens with one attached hydrogen (secondary N) is 1. The average molecular weight is 251 g/mol. The Morgan fingerprint density at radius 2 is 2.44 bits per heavy atom. The van der Waals surface area contributed by atoms with Gasteiger partial charge in [-0.1, -0.05) is 10.4 Å². The topological polar surface area (TPSA) is 125 Å². The predicted octanol–water partition coefficient (Wildman–Crippen LogP) is -0.963. The van der Waals surface area contributed by atoms with Crippen LogP contribution < -0.4 is 11.1 Å². The molecular formula is C9H13N7O2. The third-order valence-corrected chi connectivity index (χ3v) is 2.08. The lowest BCUT2D eigenvalue weighted by atomic mass is 10.4. The molecule has 0 aromatic carbocycles. The van der Waals surface area contributed by atoms with Crippen LogP contribution >= 0.6 is 0 Å². The van der Waals surface area contributed by atoms with Crippen molar-refractivity contribution in [3.8, 4) is 11.6 Å². The van der Waals surface area contributed by atoms with Crippen LogP contribution in [0.5, 0.6) is 0 Å². The molecule has 2 heterocycles. The molecule has 3 N–H and O–H groups in total. The first kappa shape index (κ1) is 12.2. The SMILES string of the molecule is CCNC(=O)c1noc(-c2cn(CCN)nn2)n1. The molecule has 0 radical (unpaired) electrons. The number of rotatable bonds is 5. The highest BCUT2D eigenvalue weighted by Crippen LogP contribution is 2.12. The van der Waals surface area contributed by atoms with Gasteiger partial charge >= 0.3 is 0 Å². The Balaban J connectivity index is 2.15. The molecule has 0 saturated carbocycles. The number of hydrogen-bond donors (Lipinski definition) is 2. The van der Waals surface area contributed by atoms with E-state index in [1.807, 2.05) is 0 Å². The molecule has 0 saturated heterocycles. The van der Waals surface area contributed by atoms with E-state index in [4.69, 9.17) is 10.3 Å². The quantitative estimate of drug-likeness (QED) is 0.700. The summed E-state index contributed by atoms with van der Waals surface area (Å²) in [6.45, 7) is 3.30. The van der Waals surface area contributed by atoms with E-state index in [2.05, 4.69) is 25.8 Å². The van der Waals surface area contributed by atoms with Crippen LogP contribution in [0.3, 0.4) is 0 Å². The van der Waals surface area contributed by atoms with Gasteiger partial charge in [-0.3, -0.25) is 9.48 Å². The minimum Gasteiger partial charge on any atom is -0.349 e. The summed E-state index contributed by atoms with van der Waals surface area (Å²) in [4.78, 5) is 15.4.